The summed E-state index contributed by atoms with van der Waals surface area (Å²) in [5, 5.41) is 9.08. The highest BCUT2D eigenvalue weighted by atomic mass is 15.2. The van der Waals surface area contributed by atoms with E-state index in [1.807, 2.05) is 24.3 Å². The molecule has 3 heteroatoms. The maximum absolute atomic E-state index is 9.08. The van der Waals surface area contributed by atoms with Crippen molar-refractivity contribution in [1.29, 1.82) is 5.26 Å². The van der Waals surface area contributed by atoms with Crippen LogP contribution in [0.4, 0.5) is 0 Å². The SMILES string of the molecule is N#Cc1ccc(C[n+]2ccn(C(c3ccccc3)(c3ccccc3)c3ccccc3)c2)cc1. The minimum Gasteiger partial charge on any atom is -0.233 e. The number of nitrogens with zero attached hydrogens (tertiary/aromatic N) is 3. The van der Waals surface area contributed by atoms with E-state index in [1.165, 1.54) is 16.7 Å². The van der Waals surface area contributed by atoms with Crippen molar-refractivity contribution in [3.8, 4) is 6.07 Å². The number of benzene rings is 4. The molecule has 0 aliphatic carbocycles. The Morgan fingerprint density at radius 2 is 1.15 bits per heavy atom. The first-order valence-corrected chi connectivity index (χ1v) is 11.0. The lowest BCUT2D eigenvalue weighted by molar-refractivity contribution is -0.688. The molecular formula is C30H24N3+. The van der Waals surface area contributed by atoms with Crippen molar-refractivity contribution in [2.75, 3.05) is 0 Å². The van der Waals surface area contributed by atoms with Crippen LogP contribution in [0.25, 0.3) is 0 Å². The van der Waals surface area contributed by atoms with Gasteiger partial charge in [0.05, 0.1) is 11.6 Å². The smallest absolute Gasteiger partial charge is 0.233 e. The molecular weight excluding hydrogens is 402 g/mol. The van der Waals surface area contributed by atoms with Gasteiger partial charge in [0, 0.05) is 16.7 Å². The first-order valence-electron chi connectivity index (χ1n) is 11.0. The van der Waals surface area contributed by atoms with Gasteiger partial charge in [-0.05, 0) is 17.7 Å². The lowest BCUT2D eigenvalue weighted by Gasteiger charge is -2.32. The lowest BCUT2D eigenvalue weighted by Crippen LogP contribution is -2.39. The topological polar surface area (TPSA) is 32.6 Å². The second kappa shape index (κ2) is 8.98. The van der Waals surface area contributed by atoms with Crippen LogP contribution < -0.4 is 4.57 Å². The van der Waals surface area contributed by atoms with Crippen molar-refractivity contribution in [2.45, 2.75) is 12.1 Å². The van der Waals surface area contributed by atoms with Gasteiger partial charge in [-0.3, -0.25) is 0 Å². The average Bonchev–Trinajstić information content (AvgIpc) is 3.35. The van der Waals surface area contributed by atoms with E-state index in [-0.39, 0.29) is 0 Å². The molecule has 0 bridgehead atoms. The summed E-state index contributed by atoms with van der Waals surface area (Å²) in [5.74, 6) is 0. The Morgan fingerprint density at radius 3 is 1.61 bits per heavy atom. The fraction of sp³-hybridized carbons (Fsp3) is 0.0667. The monoisotopic (exact) mass is 426 g/mol. The Bertz CT molecular complexity index is 1270. The molecule has 0 saturated carbocycles. The molecule has 1 aromatic heterocycles. The zero-order chi connectivity index (χ0) is 22.5. The van der Waals surface area contributed by atoms with E-state index in [1.54, 1.807) is 0 Å². The summed E-state index contributed by atoms with van der Waals surface area (Å²) in [7, 11) is 0. The molecule has 0 aliphatic heterocycles. The van der Waals surface area contributed by atoms with Crippen LogP contribution in [-0.4, -0.2) is 4.57 Å². The van der Waals surface area contributed by atoms with E-state index in [0.29, 0.717) is 5.56 Å². The van der Waals surface area contributed by atoms with E-state index in [2.05, 4.69) is 125 Å². The number of imidazole rings is 1. The largest absolute Gasteiger partial charge is 0.245 e. The summed E-state index contributed by atoms with van der Waals surface area (Å²) in [6, 6.07) is 41.9. The highest BCUT2D eigenvalue weighted by Gasteiger charge is 2.42. The molecule has 5 aromatic rings. The maximum Gasteiger partial charge on any atom is 0.245 e. The molecule has 0 spiro atoms. The summed E-state index contributed by atoms with van der Waals surface area (Å²) >= 11 is 0. The van der Waals surface area contributed by atoms with Crippen LogP contribution in [0.15, 0.2) is 134 Å². The second-order valence-electron chi connectivity index (χ2n) is 8.11. The van der Waals surface area contributed by atoms with E-state index in [4.69, 9.17) is 5.26 Å². The van der Waals surface area contributed by atoms with Gasteiger partial charge < -0.3 is 0 Å². The zero-order valence-electron chi connectivity index (χ0n) is 18.3. The normalized spacial score (nSPS) is 11.1. The Labute approximate surface area is 194 Å². The van der Waals surface area contributed by atoms with Crippen molar-refractivity contribution in [3.05, 3.63) is 162 Å². The van der Waals surface area contributed by atoms with Crippen molar-refractivity contribution < 1.29 is 4.57 Å². The molecule has 1 heterocycles. The molecule has 0 N–H and O–H groups in total. The first-order chi connectivity index (χ1) is 16.3. The van der Waals surface area contributed by atoms with Gasteiger partial charge in [0.2, 0.25) is 6.33 Å². The van der Waals surface area contributed by atoms with Crippen LogP contribution in [0, 0.1) is 11.3 Å². The average molecular weight is 427 g/mol. The number of rotatable bonds is 6. The van der Waals surface area contributed by atoms with Crippen molar-refractivity contribution in [1.82, 2.24) is 4.57 Å². The number of hydrogen-bond donors (Lipinski definition) is 0. The Hall–Kier alpha value is -4.42. The maximum atomic E-state index is 9.08. The van der Waals surface area contributed by atoms with Crippen LogP contribution in [-0.2, 0) is 12.1 Å². The van der Waals surface area contributed by atoms with Crippen LogP contribution in [0.5, 0.6) is 0 Å². The van der Waals surface area contributed by atoms with Gasteiger partial charge in [-0.15, -0.1) is 0 Å². The highest BCUT2D eigenvalue weighted by molar-refractivity contribution is 5.50. The molecule has 158 valence electrons. The molecule has 3 nitrogen and oxygen atoms in total. The standard InChI is InChI=1S/C30H24N3/c31-22-25-16-18-26(19-17-25)23-32-20-21-33(24-32)30(27-10-4-1-5-11-27,28-12-6-2-7-13-28)29-14-8-3-9-15-29/h1-21,24H,23H2/q+1. The van der Waals surface area contributed by atoms with E-state index < -0.39 is 5.54 Å². The number of aromatic nitrogens is 2. The fourth-order valence-electron chi connectivity index (χ4n) is 4.57. The predicted octanol–water partition coefficient (Wildman–Crippen LogP) is 5.54. The minimum absolute atomic E-state index is 0.514. The molecule has 0 amide bonds. The van der Waals surface area contributed by atoms with Crippen LogP contribution in [0.3, 0.4) is 0 Å². The Morgan fingerprint density at radius 1 is 0.667 bits per heavy atom. The van der Waals surface area contributed by atoms with Crippen LogP contribution in [0.2, 0.25) is 0 Å². The summed E-state index contributed by atoms with van der Waals surface area (Å²) in [5.41, 5.74) is 4.91. The summed E-state index contributed by atoms with van der Waals surface area (Å²) < 4.78 is 4.49. The Kier molecular flexibility index (Phi) is 5.57. The van der Waals surface area contributed by atoms with Crippen molar-refractivity contribution >= 4 is 0 Å². The van der Waals surface area contributed by atoms with Gasteiger partial charge in [-0.1, -0.05) is 103 Å². The zero-order valence-corrected chi connectivity index (χ0v) is 18.3. The number of hydrogen-bond acceptors (Lipinski definition) is 1. The lowest BCUT2D eigenvalue weighted by atomic mass is 9.77. The molecule has 0 unspecified atom stereocenters. The van der Waals surface area contributed by atoms with Crippen LogP contribution >= 0.6 is 0 Å². The number of nitriles is 1. The van der Waals surface area contributed by atoms with E-state index in [0.717, 1.165) is 12.1 Å². The van der Waals surface area contributed by atoms with Gasteiger partial charge >= 0.3 is 0 Å². The third kappa shape index (κ3) is 3.84. The molecule has 0 radical (unpaired) electrons. The summed E-state index contributed by atoms with van der Waals surface area (Å²) in [6.45, 7) is 0.729. The molecule has 5 rings (SSSR count). The van der Waals surface area contributed by atoms with Crippen molar-refractivity contribution in [2.24, 2.45) is 0 Å². The van der Waals surface area contributed by atoms with Gasteiger partial charge in [-0.2, -0.15) is 5.26 Å². The molecule has 33 heavy (non-hydrogen) atoms. The molecule has 0 atom stereocenters. The first kappa shape index (κ1) is 20.5. The van der Waals surface area contributed by atoms with Gasteiger partial charge in [0.1, 0.15) is 18.9 Å². The quantitative estimate of drug-likeness (QED) is 0.259. The molecule has 0 fully saturated rings. The van der Waals surface area contributed by atoms with Crippen molar-refractivity contribution in [3.63, 3.8) is 0 Å². The van der Waals surface area contributed by atoms with Crippen LogP contribution in [0.1, 0.15) is 27.8 Å². The third-order valence-electron chi connectivity index (χ3n) is 6.10. The van der Waals surface area contributed by atoms with Gasteiger partial charge in [0.25, 0.3) is 0 Å². The third-order valence-corrected chi connectivity index (χ3v) is 6.10. The van der Waals surface area contributed by atoms with Gasteiger partial charge in [0.15, 0.2) is 5.54 Å². The minimum atomic E-state index is -0.514. The summed E-state index contributed by atoms with van der Waals surface area (Å²) in [6.07, 6.45) is 6.43. The van der Waals surface area contributed by atoms with E-state index >= 15 is 0 Å². The molecule has 4 aromatic carbocycles. The fourth-order valence-corrected chi connectivity index (χ4v) is 4.57. The molecule has 0 saturated heterocycles. The Balaban J connectivity index is 1.68. The van der Waals surface area contributed by atoms with E-state index in [9.17, 15) is 0 Å². The predicted molar refractivity (Wildman–Crippen MR) is 129 cm³/mol. The highest BCUT2D eigenvalue weighted by Crippen LogP contribution is 2.40. The summed E-state index contributed by atoms with van der Waals surface area (Å²) in [4.78, 5) is 0. The molecule has 0 aliphatic rings. The second-order valence-corrected chi connectivity index (χ2v) is 8.11. The van der Waals surface area contributed by atoms with Gasteiger partial charge in [-0.25, -0.2) is 9.13 Å².